The standard InChI is InChI=1S/C20H23N5O/c1-12-8-19-22-11-17(14(3)25(19)24-12)13(2)21-10-15-9-20(26)23-18-7-5-4-6-16(15)18/h4-8,11,13,15,21H,9-10H2,1-3H3,(H,23,26)/t13-,15+/m0/s1. The van der Waals surface area contributed by atoms with Gasteiger partial charge in [-0.1, -0.05) is 18.2 Å². The minimum Gasteiger partial charge on any atom is -0.326 e. The lowest BCUT2D eigenvalue weighted by molar-refractivity contribution is -0.116. The van der Waals surface area contributed by atoms with Crippen molar-refractivity contribution >= 4 is 17.2 Å². The molecule has 4 rings (SSSR count). The SMILES string of the molecule is Cc1cc2ncc([C@H](C)NC[C@H]3CC(=O)Nc4ccccc43)c(C)n2n1. The average molecular weight is 349 g/mol. The Hall–Kier alpha value is -2.73. The van der Waals surface area contributed by atoms with Gasteiger partial charge < -0.3 is 10.6 Å². The molecule has 0 bridgehead atoms. The Balaban J connectivity index is 1.53. The maximum absolute atomic E-state index is 12.0. The maximum atomic E-state index is 12.0. The summed E-state index contributed by atoms with van der Waals surface area (Å²) in [6.07, 6.45) is 2.43. The van der Waals surface area contributed by atoms with Gasteiger partial charge in [0.2, 0.25) is 5.91 Å². The molecule has 0 saturated carbocycles. The lowest BCUT2D eigenvalue weighted by atomic mass is 9.90. The lowest BCUT2D eigenvalue weighted by Gasteiger charge is -2.27. The second kappa shape index (κ2) is 6.53. The van der Waals surface area contributed by atoms with Crippen LogP contribution in [-0.2, 0) is 4.79 Å². The minimum absolute atomic E-state index is 0.0782. The first-order valence-electron chi connectivity index (χ1n) is 8.97. The van der Waals surface area contributed by atoms with Crippen molar-refractivity contribution in [3.05, 3.63) is 59.0 Å². The fourth-order valence-corrected chi connectivity index (χ4v) is 3.71. The molecular formula is C20H23N5O. The van der Waals surface area contributed by atoms with E-state index in [1.54, 1.807) is 0 Å². The number of rotatable bonds is 4. The zero-order chi connectivity index (χ0) is 18.3. The van der Waals surface area contributed by atoms with Crippen LogP contribution in [0.25, 0.3) is 5.65 Å². The number of hydrogen-bond acceptors (Lipinski definition) is 4. The van der Waals surface area contributed by atoms with Crippen molar-refractivity contribution in [3.63, 3.8) is 0 Å². The highest BCUT2D eigenvalue weighted by atomic mass is 16.1. The Morgan fingerprint density at radius 3 is 3.00 bits per heavy atom. The van der Waals surface area contributed by atoms with E-state index in [1.165, 1.54) is 5.56 Å². The second-order valence-electron chi connectivity index (χ2n) is 7.02. The molecule has 6 nitrogen and oxygen atoms in total. The molecule has 0 saturated heterocycles. The Morgan fingerprint density at radius 1 is 1.35 bits per heavy atom. The number of fused-ring (bicyclic) bond motifs is 2. The molecule has 2 aromatic heterocycles. The van der Waals surface area contributed by atoms with Crippen LogP contribution in [0.15, 0.2) is 36.5 Å². The lowest BCUT2D eigenvalue weighted by Crippen LogP contribution is -2.31. The van der Waals surface area contributed by atoms with Gasteiger partial charge in [-0.2, -0.15) is 5.10 Å². The Kier molecular flexibility index (Phi) is 4.20. The zero-order valence-corrected chi connectivity index (χ0v) is 15.3. The maximum Gasteiger partial charge on any atom is 0.225 e. The summed E-state index contributed by atoms with van der Waals surface area (Å²) in [6.45, 7) is 6.90. The van der Waals surface area contributed by atoms with Crippen LogP contribution < -0.4 is 10.6 Å². The number of hydrogen-bond donors (Lipinski definition) is 2. The predicted molar refractivity (Wildman–Crippen MR) is 101 cm³/mol. The Bertz CT molecular complexity index is 977. The highest BCUT2D eigenvalue weighted by molar-refractivity contribution is 5.94. The number of benzene rings is 1. The van der Waals surface area contributed by atoms with Crippen LogP contribution in [0.2, 0.25) is 0 Å². The van der Waals surface area contributed by atoms with Gasteiger partial charge in [-0.05, 0) is 32.4 Å². The van der Waals surface area contributed by atoms with Gasteiger partial charge in [0.25, 0.3) is 0 Å². The van der Waals surface area contributed by atoms with E-state index < -0.39 is 0 Å². The van der Waals surface area contributed by atoms with Gasteiger partial charge in [-0.15, -0.1) is 0 Å². The summed E-state index contributed by atoms with van der Waals surface area (Å²) in [6, 6.07) is 10.1. The fourth-order valence-electron chi connectivity index (χ4n) is 3.71. The van der Waals surface area contributed by atoms with E-state index in [0.29, 0.717) is 6.42 Å². The van der Waals surface area contributed by atoms with E-state index in [4.69, 9.17) is 0 Å². The number of nitrogens with zero attached hydrogens (tertiary/aromatic N) is 3. The Morgan fingerprint density at radius 2 is 2.15 bits per heavy atom. The monoisotopic (exact) mass is 349 g/mol. The number of amides is 1. The molecule has 0 fully saturated rings. The molecule has 134 valence electrons. The molecule has 0 spiro atoms. The second-order valence-corrected chi connectivity index (χ2v) is 7.02. The molecular weight excluding hydrogens is 326 g/mol. The highest BCUT2D eigenvalue weighted by Gasteiger charge is 2.25. The number of anilines is 1. The molecule has 3 aromatic rings. The van der Waals surface area contributed by atoms with Crippen LogP contribution in [0, 0.1) is 13.8 Å². The van der Waals surface area contributed by atoms with E-state index in [1.807, 2.05) is 41.9 Å². The van der Waals surface area contributed by atoms with Crippen LogP contribution in [0.4, 0.5) is 5.69 Å². The molecule has 26 heavy (non-hydrogen) atoms. The van der Waals surface area contributed by atoms with Gasteiger partial charge in [0.1, 0.15) is 0 Å². The van der Waals surface area contributed by atoms with Crippen LogP contribution in [-0.4, -0.2) is 27.0 Å². The summed E-state index contributed by atoms with van der Waals surface area (Å²) in [7, 11) is 0. The molecule has 1 amide bonds. The quantitative estimate of drug-likeness (QED) is 0.759. The molecule has 6 heteroatoms. The van der Waals surface area contributed by atoms with Crippen molar-refractivity contribution in [1.82, 2.24) is 19.9 Å². The van der Waals surface area contributed by atoms with Crippen LogP contribution in [0.1, 0.15) is 47.8 Å². The van der Waals surface area contributed by atoms with Crippen molar-refractivity contribution in [2.45, 2.75) is 39.2 Å². The average Bonchev–Trinajstić information content (AvgIpc) is 3.01. The van der Waals surface area contributed by atoms with Gasteiger partial charge in [0.15, 0.2) is 5.65 Å². The summed E-state index contributed by atoms with van der Waals surface area (Å²) in [5, 5.41) is 11.1. The first-order chi connectivity index (χ1) is 12.5. The minimum atomic E-state index is 0.0782. The predicted octanol–water partition coefficient (Wildman–Crippen LogP) is 3.12. The summed E-state index contributed by atoms with van der Waals surface area (Å²) in [5.41, 5.74) is 6.16. The number of para-hydroxylation sites is 1. The van der Waals surface area contributed by atoms with E-state index in [-0.39, 0.29) is 17.9 Å². The summed E-state index contributed by atoms with van der Waals surface area (Å²) in [4.78, 5) is 16.5. The largest absolute Gasteiger partial charge is 0.326 e. The van der Waals surface area contributed by atoms with Gasteiger partial charge in [0, 0.05) is 54.1 Å². The molecule has 1 aliphatic heterocycles. The molecule has 0 unspecified atom stereocenters. The van der Waals surface area contributed by atoms with E-state index >= 15 is 0 Å². The van der Waals surface area contributed by atoms with E-state index in [0.717, 1.165) is 34.8 Å². The van der Waals surface area contributed by atoms with E-state index in [2.05, 4.69) is 40.6 Å². The molecule has 1 aliphatic rings. The topological polar surface area (TPSA) is 71.3 Å². The number of aryl methyl sites for hydroxylation is 2. The highest BCUT2D eigenvalue weighted by Crippen LogP contribution is 2.32. The number of carbonyl (C=O) groups is 1. The molecule has 1 aromatic carbocycles. The molecule has 0 radical (unpaired) electrons. The summed E-state index contributed by atoms with van der Waals surface area (Å²) in [5.74, 6) is 0.251. The van der Waals surface area contributed by atoms with Gasteiger partial charge in [-0.25, -0.2) is 9.50 Å². The van der Waals surface area contributed by atoms with Crippen LogP contribution >= 0.6 is 0 Å². The fraction of sp³-hybridized carbons (Fsp3) is 0.350. The van der Waals surface area contributed by atoms with Crippen molar-refractivity contribution in [2.75, 3.05) is 11.9 Å². The van der Waals surface area contributed by atoms with Crippen molar-refractivity contribution in [3.8, 4) is 0 Å². The van der Waals surface area contributed by atoms with Crippen LogP contribution in [0.5, 0.6) is 0 Å². The Labute approximate surface area is 152 Å². The van der Waals surface area contributed by atoms with Crippen molar-refractivity contribution in [1.29, 1.82) is 0 Å². The molecule has 2 N–H and O–H groups in total. The zero-order valence-electron chi connectivity index (χ0n) is 15.3. The number of nitrogens with one attached hydrogen (secondary N) is 2. The van der Waals surface area contributed by atoms with Crippen molar-refractivity contribution in [2.24, 2.45) is 0 Å². The van der Waals surface area contributed by atoms with Crippen LogP contribution in [0.3, 0.4) is 0 Å². The van der Waals surface area contributed by atoms with Gasteiger partial charge >= 0.3 is 0 Å². The number of carbonyl (C=O) groups excluding carboxylic acids is 1. The first kappa shape index (κ1) is 16.7. The summed E-state index contributed by atoms with van der Waals surface area (Å²) < 4.78 is 1.90. The third kappa shape index (κ3) is 2.97. The smallest absolute Gasteiger partial charge is 0.225 e. The first-order valence-corrected chi connectivity index (χ1v) is 8.97. The summed E-state index contributed by atoms with van der Waals surface area (Å²) >= 11 is 0. The molecule has 3 heterocycles. The molecule has 0 aliphatic carbocycles. The third-order valence-electron chi connectivity index (χ3n) is 5.13. The molecule has 2 atom stereocenters. The van der Waals surface area contributed by atoms with E-state index in [9.17, 15) is 4.79 Å². The van der Waals surface area contributed by atoms with Crippen molar-refractivity contribution < 1.29 is 4.79 Å². The van der Waals surface area contributed by atoms with Gasteiger partial charge in [-0.3, -0.25) is 4.79 Å². The normalized spacial score (nSPS) is 17.8. The third-order valence-corrected chi connectivity index (χ3v) is 5.13. The number of aromatic nitrogens is 3. The van der Waals surface area contributed by atoms with Gasteiger partial charge in [0.05, 0.1) is 5.69 Å².